The fourth-order valence-electron chi connectivity index (χ4n) is 13.6. The van der Waals surface area contributed by atoms with Crippen LogP contribution >= 0.6 is 17.0 Å². The molecule has 0 bridgehead atoms. The van der Waals surface area contributed by atoms with Crippen LogP contribution in [-0.2, 0) is 36.4 Å². The van der Waals surface area contributed by atoms with Crippen molar-refractivity contribution in [1.29, 1.82) is 0 Å². The van der Waals surface area contributed by atoms with Crippen LogP contribution in [0.5, 0.6) is 0 Å². The molecule has 0 aromatic heterocycles. The van der Waals surface area contributed by atoms with Crippen molar-refractivity contribution >= 4 is 25.1 Å². The van der Waals surface area contributed by atoms with Crippen LogP contribution in [0.25, 0.3) is 0 Å². The van der Waals surface area contributed by atoms with Crippen LogP contribution in [0.4, 0.5) is 0 Å². The van der Waals surface area contributed by atoms with Crippen molar-refractivity contribution in [3.8, 4) is 0 Å². The summed E-state index contributed by atoms with van der Waals surface area (Å²) in [7, 11) is 8.18. The predicted molar refractivity (Wildman–Crippen MR) is 258 cm³/mol. The van der Waals surface area contributed by atoms with Crippen molar-refractivity contribution in [3.05, 3.63) is 85.6 Å². The normalized spacial score (nSPS) is 30.7. The molecule has 0 N–H and O–H groups in total. The minimum absolute atomic E-state index is 0. The third kappa shape index (κ3) is 12.6. The van der Waals surface area contributed by atoms with Gasteiger partial charge in [-0.15, -0.1) is 0 Å². The standard InChI is InChI=1S/C51H82OSi.2CH3.2ClH.Zr/c1-35-33-45-41(37-23-27-39(28-24-37)49(3,4)5)19-17-21-43(45)47(35)53(12,32-16-14-13-15-31-52-51(9,10)11)48-36(2)34-46-42(20-18-22-44(46)48)38-25-29-40(30-26-38)50(6,7)8;;;;;/h23-30,35-36,41-48H,13-22,31-34H2,1-12H3;2*1H3;2*1H;/q;2*-1;;;+4/p-2. The average Bonchev–Trinajstić information content (AvgIpc) is 3.66. The molecule has 5 heteroatoms. The van der Waals surface area contributed by atoms with Crippen molar-refractivity contribution in [2.75, 3.05) is 6.61 Å². The molecule has 0 saturated heterocycles. The van der Waals surface area contributed by atoms with E-state index in [1.54, 1.807) is 17.2 Å². The number of hydrogen-bond acceptors (Lipinski definition) is 1. The van der Waals surface area contributed by atoms with Crippen LogP contribution < -0.4 is 0 Å². The van der Waals surface area contributed by atoms with Gasteiger partial charge in [-0.2, -0.15) is 0 Å². The van der Waals surface area contributed by atoms with Gasteiger partial charge in [0.1, 0.15) is 0 Å². The number of fused-ring (bicyclic) bond motifs is 2. The molecule has 0 amide bonds. The first-order valence-corrected chi connectivity index (χ1v) is 32.3. The zero-order valence-electron chi connectivity index (χ0n) is 40.0. The van der Waals surface area contributed by atoms with Crippen LogP contribution in [0, 0.1) is 50.4 Å². The Hall–Kier alpha value is 0.0800. The van der Waals surface area contributed by atoms with Crippen molar-refractivity contribution in [3.63, 3.8) is 0 Å². The molecule has 4 aliphatic carbocycles. The van der Waals surface area contributed by atoms with Crippen LogP contribution in [0.3, 0.4) is 0 Å². The van der Waals surface area contributed by atoms with Crippen LogP contribution in [0.1, 0.15) is 187 Å². The molecule has 10 atom stereocenters. The summed E-state index contributed by atoms with van der Waals surface area (Å²) < 4.78 is 6.13. The van der Waals surface area contributed by atoms with Crippen molar-refractivity contribution in [2.45, 2.75) is 205 Å². The van der Waals surface area contributed by atoms with Gasteiger partial charge < -0.3 is 19.6 Å². The molecule has 4 saturated carbocycles. The Labute approximate surface area is 380 Å². The van der Waals surface area contributed by atoms with Gasteiger partial charge in [0, 0.05) is 6.61 Å². The van der Waals surface area contributed by atoms with E-state index < -0.39 is 28.9 Å². The molecule has 1 nitrogen and oxygen atoms in total. The zero-order valence-corrected chi connectivity index (χ0v) is 44.9. The SMILES string of the molecule is CC1CC2C(c3ccc(C(C)(C)C)cc3)CCCC2C1[Si](C)(CCCCCCOC(C)(C)C)C1C(C)CC2C(c3ccc(C(C)(C)C)cc3)CCCC21.[CH3-].[CH3-].[Cl][Zr+2][Cl]. The minimum atomic E-state index is -1.68. The quantitative estimate of drug-likeness (QED) is 0.124. The second kappa shape index (κ2) is 22.1. The summed E-state index contributed by atoms with van der Waals surface area (Å²) in [4.78, 5) is 0. The average molecular weight is 932 g/mol. The molecular weight excluding hydrogens is 843 g/mol. The van der Waals surface area contributed by atoms with Gasteiger partial charge in [-0.1, -0.05) is 161 Å². The topological polar surface area (TPSA) is 9.23 Å². The summed E-state index contributed by atoms with van der Waals surface area (Å²) in [6, 6.07) is 21.6. The van der Waals surface area contributed by atoms with Crippen LogP contribution in [0.15, 0.2) is 48.5 Å². The van der Waals surface area contributed by atoms with Crippen molar-refractivity contribution < 1.29 is 25.6 Å². The molecule has 2 aromatic carbocycles. The van der Waals surface area contributed by atoms with Gasteiger partial charge in [-0.3, -0.25) is 0 Å². The van der Waals surface area contributed by atoms with E-state index in [1.807, 2.05) is 0 Å². The Morgan fingerprint density at radius 1 is 0.586 bits per heavy atom. The summed E-state index contributed by atoms with van der Waals surface area (Å²) in [5.74, 6) is 6.95. The second-order valence-corrected chi connectivity index (χ2v) is 31.2. The van der Waals surface area contributed by atoms with Crippen molar-refractivity contribution in [2.24, 2.45) is 35.5 Å². The Morgan fingerprint density at radius 3 is 1.33 bits per heavy atom. The van der Waals surface area contributed by atoms with E-state index in [1.165, 1.54) is 88.2 Å². The maximum absolute atomic E-state index is 6.13. The first-order valence-electron chi connectivity index (χ1n) is 23.1. The molecule has 6 rings (SSSR count). The van der Waals surface area contributed by atoms with E-state index >= 15 is 0 Å². The second-order valence-electron chi connectivity index (χ2n) is 22.7. The first kappa shape index (κ1) is 52.4. The predicted octanol–water partition coefficient (Wildman–Crippen LogP) is 17.5. The molecule has 0 radical (unpaired) electrons. The molecule has 0 heterocycles. The van der Waals surface area contributed by atoms with E-state index in [2.05, 4.69) is 131 Å². The van der Waals surface area contributed by atoms with E-state index in [9.17, 15) is 0 Å². The summed E-state index contributed by atoms with van der Waals surface area (Å²) in [6.45, 7) is 30.2. The first-order chi connectivity index (χ1) is 26.3. The molecule has 328 valence electrons. The molecule has 58 heavy (non-hydrogen) atoms. The van der Waals surface area contributed by atoms with E-state index in [0.717, 1.165) is 65.0 Å². The third-order valence-electron chi connectivity index (χ3n) is 15.8. The molecule has 4 fully saturated rings. The summed E-state index contributed by atoms with van der Waals surface area (Å²) in [5.41, 5.74) is 8.68. The van der Waals surface area contributed by atoms with Gasteiger partial charge in [0.15, 0.2) is 0 Å². The number of hydrogen-bond donors (Lipinski definition) is 0. The zero-order chi connectivity index (χ0) is 41.1. The Morgan fingerprint density at radius 2 is 0.966 bits per heavy atom. The number of unbranched alkanes of at least 4 members (excludes halogenated alkanes) is 3. The molecular formula is C53H88Cl2OSiZr. The summed E-state index contributed by atoms with van der Waals surface area (Å²) in [6.07, 6.45) is 17.0. The van der Waals surface area contributed by atoms with Gasteiger partial charge in [-0.25, -0.2) is 0 Å². The fraction of sp³-hybridized carbons (Fsp3) is 0.736. The van der Waals surface area contributed by atoms with Gasteiger partial charge in [0.05, 0.1) is 13.7 Å². The van der Waals surface area contributed by atoms with Gasteiger partial charge in [-0.05, 0) is 144 Å². The molecule has 10 unspecified atom stereocenters. The third-order valence-corrected chi connectivity index (χ3v) is 22.2. The molecule has 0 aliphatic heterocycles. The van der Waals surface area contributed by atoms with E-state index in [0.29, 0.717) is 0 Å². The number of rotatable bonds is 11. The molecule has 0 spiro atoms. The van der Waals surface area contributed by atoms with E-state index in [-0.39, 0.29) is 31.3 Å². The number of ether oxygens (including phenoxy) is 1. The van der Waals surface area contributed by atoms with E-state index in [4.69, 9.17) is 21.8 Å². The summed E-state index contributed by atoms with van der Waals surface area (Å²) >= 11 is -0.826. The Balaban J connectivity index is 0.00000175. The van der Waals surface area contributed by atoms with Crippen molar-refractivity contribution in [1.82, 2.24) is 0 Å². The number of benzene rings is 2. The summed E-state index contributed by atoms with van der Waals surface area (Å²) in [5, 5.41) is 0. The Kier molecular flexibility index (Phi) is 20.0. The maximum atomic E-state index is 6.13. The van der Waals surface area contributed by atoms with Crippen LogP contribution in [-0.4, -0.2) is 20.3 Å². The monoisotopic (exact) mass is 929 g/mol. The molecule has 2 aromatic rings. The van der Waals surface area contributed by atoms with Gasteiger partial charge >= 0.3 is 37.9 Å². The van der Waals surface area contributed by atoms with Gasteiger partial charge in [0.25, 0.3) is 0 Å². The number of halogens is 2. The fourth-order valence-corrected chi connectivity index (χ4v) is 21.4. The Bertz CT molecular complexity index is 1390. The van der Waals surface area contributed by atoms with Crippen LogP contribution in [0.2, 0.25) is 23.7 Å². The van der Waals surface area contributed by atoms with Gasteiger partial charge in [0.2, 0.25) is 0 Å². The molecule has 4 aliphatic rings.